The van der Waals surface area contributed by atoms with Gasteiger partial charge in [0.15, 0.2) is 0 Å². The lowest BCUT2D eigenvalue weighted by molar-refractivity contribution is 0.100. The predicted molar refractivity (Wildman–Crippen MR) is 133 cm³/mol. The summed E-state index contributed by atoms with van der Waals surface area (Å²) in [4.78, 5) is 29.3. The summed E-state index contributed by atoms with van der Waals surface area (Å²) in [5.74, 6) is -1.28. The van der Waals surface area contributed by atoms with Crippen molar-refractivity contribution in [2.24, 2.45) is 5.73 Å². The van der Waals surface area contributed by atoms with Crippen LogP contribution < -0.4 is 11.1 Å². The van der Waals surface area contributed by atoms with Crippen molar-refractivity contribution < 1.29 is 22.8 Å². The van der Waals surface area contributed by atoms with Gasteiger partial charge in [-0.3, -0.25) is 14.7 Å². The second-order valence-corrected chi connectivity index (χ2v) is 9.31. The summed E-state index contributed by atoms with van der Waals surface area (Å²) >= 11 is 13.0. The summed E-state index contributed by atoms with van der Waals surface area (Å²) in [6.45, 7) is 0. The van der Waals surface area contributed by atoms with Gasteiger partial charge in [-0.25, -0.2) is 13.8 Å². The summed E-state index contributed by atoms with van der Waals surface area (Å²) in [5.41, 5.74) is 6.24. The number of halogens is 4. The van der Waals surface area contributed by atoms with Crippen LogP contribution in [0, 0.1) is 0 Å². The van der Waals surface area contributed by atoms with Crippen molar-refractivity contribution in [2.75, 3.05) is 5.32 Å². The molecule has 5 rings (SSSR count). The van der Waals surface area contributed by atoms with Crippen LogP contribution >= 0.6 is 34.5 Å². The van der Waals surface area contributed by atoms with Gasteiger partial charge >= 0.3 is 0 Å². The molecule has 0 aliphatic rings. The van der Waals surface area contributed by atoms with E-state index in [0.717, 1.165) is 17.4 Å². The number of nitrogens with zero attached hydrogens (tertiary/aromatic N) is 2. The van der Waals surface area contributed by atoms with Crippen molar-refractivity contribution in [1.29, 1.82) is 0 Å². The molecule has 5 aromatic rings. The Labute approximate surface area is 215 Å². The number of H-pyrrole nitrogens is 1. The summed E-state index contributed by atoms with van der Waals surface area (Å²) in [5, 5.41) is 10.4. The monoisotopic (exact) mass is 547 g/mol. The Hall–Kier alpha value is -3.80. The molecular formula is C23H13Cl2F2N5O3S. The van der Waals surface area contributed by atoms with Gasteiger partial charge in [-0.1, -0.05) is 23.2 Å². The third-order valence-corrected chi connectivity index (χ3v) is 6.83. The number of hydrogen-bond acceptors (Lipinski definition) is 6. The molecule has 4 aromatic heterocycles. The molecule has 0 unspecified atom stereocenters. The average molecular weight is 548 g/mol. The quantitative estimate of drug-likeness (QED) is 0.222. The number of primary amides is 1. The number of hydrogen-bond donors (Lipinski definition) is 3. The van der Waals surface area contributed by atoms with E-state index in [1.165, 1.54) is 12.3 Å². The number of pyridine rings is 1. The topological polar surface area (TPSA) is 127 Å². The van der Waals surface area contributed by atoms with Gasteiger partial charge in [0.25, 0.3) is 18.2 Å². The first-order chi connectivity index (χ1) is 17.2. The number of furan rings is 1. The minimum atomic E-state index is -2.87. The molecule has 0 fully saturated rings. The molecular weight excluding hydrogens is 535 g/mol. The molecule has 13 heteroatoms. The highest BCUT2D eigenvalue weighted by Crippen LogP contribution is 2.42. The number of aromatic amines is 1. The smallest absolute Gasteiger partial charge is 0.280 e. The minimum Gasteiger partial charge on any atom is -0.464 e. The molecule has 0 bridgehead atoms. The molecule has 36 heavy (non-hydrogen) atoms. The molecule has 0 radical (unpaired) electrons. The first-order valence-electron chi connectivity index (χ1n) is 10.1. The summed E-state index contributed by atoms with van der Waals surface area (Å²) in [6, 6.07) is 10.6. The Morgan fingerprint density at radius 3 is 2.61 bits per heavy atom. The first kappa shape index (κ1) is 23.9. The Kier molecular flexibility index (Phi) is 6.20. The number of amides is 2. The normalized spacial score (nSPS) is 11.4. The molecule has 8 nitrogen and oxygen atoms in total. The van der Waals surface area contributed by atoms with Gasteiger partial charge in [0.2, 0.25) is 0 Å². The van der Waals surface area contributed by atoms with Crippen molar-refractivity contribution >= 4 is 62.3 Å². The Balaban J connectivity index is 1.60. The van der Waals surface area contributed by atoms with E-state index in [2.05, 4.69) is 20.5 Å². The second kappa shape index (κ2) is 9.34. The Morgan fingerprint density at radius 1 is 1.14 bits per heavy atom. The van der Waals surface area contributed by atoms with E-state index in [1.54, 1.807) is 30.3 Å². The highest BCUT2D eigenvalue weighted by molar-refractivity contribution is 7.21. The molecule has 0 spiro atoms. The third-order valence-electron chi connectivity index (χ3n) is 5.18. The number of fused-ring (bicyclic) bond motifs is 1. The van der Waals surface area contributed by atoms with Crippen molar-refractivity contribution in [3.63, 3.8) is 0 Å². The summed E-state index contributed by atoms with van der Waals surface area (Å²) in [6.07, 6.45) is -1.50. The Morgan fingerprint density at radius 2 is 1.94 bits per heavy atom. The highest BCUT2D eigenvalue weighted by atomic mass is 35.5. The van der Waals surface area contributed by atoms with Crippen LogP contribution in [-0.4, -0.2) is 27.0 Å². The van der Waals surface area contributed by atoms with Gasteiger partial charge in [0.1, 0.15) is 26.9 Å². The number of nitrogens with two attached hydrogens (primary N) is 1. The maximum atomic E-state index is 13.5. The number of alkyl halides is 2. The molecule has 4 N–H and O–H groups in total. The molecule has 4 heterocycles. The molecule has 2 amide bonds. The fourth-order valence-electron chi connectivity index (χ4n) is 3.60. The van der Waals surface area contributed by atoms with Crippen molar-refractivity contribution in [1.82, 2.24) is 15.2 Å². The standard InChI is InChI=1S/C23H13Cl2F2N5O3S/c24-9-3-4-10(12(25)6-9)13-8-15(32-31-13)22(34)30-18-17-11(16-2-1-5-35-16)7-14(20(26)27)29-23(17)36-19(18)21(28)33/h1-8,20H,(H2,28,33)(H,30,34)(H,31,32). The number of thiophene rings is 1. The minimum absolute atomic E-state index is 0.0212. The highest BCUT2D eigenvalue weighted by Gasteiger charge is 2.26. The van der Waals surface area contributed by atoms with Gasteiger partial charge in [0.05, 0.1) is 22.7 Å². The lowest BCUT2D eigenvalue weighted by Crippen LogP contribution is -2.17. The van der Waals surface area contributed by atoms with Crippen LogP contribution in [0.1, 0.15) is 32.3 Å². The lowest BCUT2D eigenvalue weighted by atomic mass is 10.1. The van der Waals surface area contributed by atoms with E-state index in [0.29, 0.717) is 21.3 Å². The van der Waals surface area contributed by atoms with Gasteiger partial charge < -0.3 is 15.5 Å². The molecule has 0 aliphatic carbocycles. The number of carbonyl (C=O) groups excluding carboxylic acids is 2. The number of carbonyl (C=O) groups is 2. The number of benzene rings is 1. The number of rotatable bonds is 6. The zero-order chi connectivity index (χ0) is 25.6. The van der Waals surface area contributed by atoms with E-state index in [4.69, 9.17) is 33.4 Å². The fraction of sp³-hybridized carbons (Fsp3) is 0.0435. The summed E-state index contributed by atoms with van der Waals surface area (Å²) < 4.78 is 32.5. The summed E-state index contributed by atoms with van der Waals surface area (Å²) in [7, 11) is 0. The molecule has 0 saturated heterocycles. The van der Waals surface area contributed by atoms with E-state index >= 15 is 0 Å². The van der Waals surface area contributed by atoms with Crippen LogP contribution in [-0.2, 0) is 0 Å². The van der Waals surface area contributed by atoms with Crippen molar-refractivity contribution in [2.45, 2.75) is 6.43 Å². The molecule has 182 valence electrons. The van der Waals surface area contributed by atoms with Gasteiger partial charge in [-0.05, 0) is 42.5 Å². The maximum Gasteiger partial charge on any atom is 0.280 e. The van der Waals surface area contributed by atoms with E-state index in [1.807, 2.05) is 0 Å². The second-order valence-electron chi connectivity index (χ2n) is 7.47. The lowest BCUT2D eigenvalue weighted by Gasteiger charge is -2.09. The van der Waals surface area contributed by atoms with Crippen molar-refractivity contribution in [3.05, 3.63) is 75.0 Å². The molecule has 0 saturated carbocycles. The first-order valence-corrected chi connectivity index (χ1v) is 11.7. The van der Waals surface area contributed by atoms with Gasteiger partial charge in [-0.2, -0.15) is 5.10 Å². The van der Waals surface area contributed by atoms with Crippen LogP contribution in [0.15, 0.2) is 53.1 Å². The van der Waals surface area contributed by atoms with Crippen LogP contribution in [0.5, 0.6) is 0 Å². The van der Waals surface area contributed by atoms with Crippen LogP contribution in [0.3, 0.4) is 0 Å². The number of anilines is 1. The largest absolute Gasteiger partial charge is 0.464 e. The van der Waals surface area contributed by atoms with E-state index < -0.39 is 23.9 Å². The average Bonchev–Trinajstić information content (AvgIpc) is 3.59. The van der Waals surface area contributed by atoms with Crippen molar-refractivity contribution in [3.8, 4) is 22.6 Å². The zero-order valence-electron chi connectivity index (χ0n) is 17.8. The number of nitrogens with one attached hydrogen (secondary N) is 2. The molecule has 0 aliphatic heterocycles. The SMILES string of the molecule is NC(=O)c1sc2nc(C(F)F)cc(-c3ccco3)c2c1NC(=O)c1cc(-c2ccc(Cl)cc2Cl)n[nH]1. The van der Waals surface area contributed by atoms with Gasteiger partial charge in [0, 0.05) is 21.5 Å². The predicted octanol–water partition coefficient (Wildman–Crippen LogP) is 6.54. The fourth-order valence-corrected chi connectivity index (χ4v) is 5.12. The maximum absolute atomic E-state index is 13.5. The van der Waals surface area contributed by atoms with E-state index in [9.17, 15) is 18.4 Å². The number of aromatic nitrogens is 3. The van der Waals surface area contributed by atoms with E-state index in [-0.39, 0.29) is 37.8 Å². The van der Waals surface area contributed by atoms with Gasteiger partial charge in [-0.15, -0.1) is 11.3 Å². The Bertz CT molecular complexity index is 1630. The molecule has 0 atom stereocenters. The van der Waals surface area contributed by atoms with Crippen LogP contribution in [0.2, 0.25) is 10.0 Å². The van der Waals surface area contributed by atoms with Crippen LogP contribution in [0.25, 0.3) is 32.8 Å². The third kappa shape index (κ3) is 4.32. The zero-order valence-corrected chi connectivity index (χ0v) is 20.1. The van der Waals surface area contributed by atoms with Crippen LogP contribution in [0.4, 0.5) is 14.5 Å². The molecule has 1 aromatic carbocycles.